The lowest BCUT2D eigenvalue weighted by Crippen LogP contribution is -2.40. The molecule has 3 N–H and O–H groups in total. The Labute approximate surface area is 177 Å². The van der Waals surface area contributed by atoms with Gasteiger partial charge in [0.2, 0.25) is 5.91 Å². The van der Waals surface area contributed by atoms with Crippen molar-refractivity contribution in [2.24, 2.45) is 5.92 Å². The maximum absolute atomic E-state index is 13.4. The molecule has 0 aromatic heterocycles. The topological polar surface area (TPSA) is 67.6 Å². The third-order valence-corrected chi connectivity index (χ3v) is 4.67. The number of anilines is 2. The molecule has 28 heavy (non-hydrogen) atoms. The molecule has 1 aliphatic rings. The van der Waals surface area contributed by atoms with Gasteiger partial charge in [0.15, 0.2) is 0 Å². The Bertz CT molecular complexity index is 792. The molecule has 0 saturated carbocycles. The van der Waals surface area contributed by atoms with Gasteiger partial charge in [-0.15, -0.1) is 24.8 Å². The van der Waals surface area contributed by atoms with Gasteiger partial charge in [0.25, 0.3) is 0 Å². The first-order valence-electron chi connectivity index (χ1n) is 8.76. The normalized spacial score (nSPS) is 16.4. The van der Waals surface area contributed by atoms with E-state index in [9.17, 15) is 9.18 Å². The van der Waals surface area contributed by atoms with E-state index < -0.39 is 0 Å². The largest absolute Gasteiger partial charge is 0.495 e. The first-order chi connectivity index (χ1) is 12.5. The van der Waals surface area contributed by atoms with E-state index in [1.807, 2.05) is 6.07 Å². The van der Waals surface area contributed by atoms with Crippen molar-refractivity contribution in [3.63, 3.8) is 0 Å². The van der Waals surface area contributed by atoms with E-state index in [1.54, 1.807) is 37.4 Å². The lowest BCUT2D eigenvalue weighted by Gasteiger charge is -2.32. The zero-order valence-electron chi connectivity index (χ0n) is 15.7. The minimum Gasteiger partial charge on any atom is -0.495 e. The number of nitrogens with two attached hydrogens (primary N) is 1. The summed E-state index contributed by atoms with van der Waals surface area (Å²) in [5.41, 5.74) is 7.97. The highest BCUT2D eigenvalue weighted by Gasteiger charge is 2.26. The average Bonchev–Trinajstić information content (AvgIpc) is 2.62. The Kier molecular flexibility index (Phi) is 9.52. The van der Waals surface area contributed by atoms with Gasteiger partial charge in [0.1, 0.15) is 11.6 Å². The van der Waals surface area contributed by atoms with E-state index >= 15 is 0 Å². The van der Waals surface area contributed by atoms with Gasteiger partial charge < -0.3 is 15.8 Å². The van der Waals surface area contributed by atoms with Crippen molar-refractivity contribution < 1.29 is 13.9 Å². The molecule has 5 nitrogen and oxygen atoms in total. The summed E-state index contributed by atoms with van der Waals surface area (Å²) in [6, 6.07) is 11.8. The van der Waals surface area contributed by atoms with Gasteiger partial charge in [0.05, 0.1) is 18.7 Å². The second-order valence-electron chi connectivity index (χ2n) is 6.65. The van der Waals surface area contributed by atoms with Gasteiger partial charge in [-0.3, -0.25) is 9.69 Å². The zero-order valence-corrected chi connectivity index (χ0v) is 17.3. The summed E-state index contributed by atoms with van der Waals surface area (Å²) in [6.45, 7) is 2.22. The molecule has 2 aromatic rings. The highest BCUT2D eigenvalue weighted by Crippen LogP contribution is 2.26. The number of nitrogen functional groups attached to an aromatic ring is 1. The number of benzene rings is 2. The Morgan fingerprint density at radius 1 is 1.29 bits per heavy atom. The van der Waals surface area contributed by atoms with Crippen LogP contribution in [0.25, 0.3) is 0 Å². The van der Waals surface area contributed by atoms with Gasteiger partial charge in [-0.25, -0.2) is 4.39 Å². The van der Waals surface area contributed by atoms with Crippen LogP contribution in [0.3, 0.4) is 0 Å². The van der Waals surface area contributed by atoms with Crippen LogP contribution in [0.2, 0.25) is 0 Å². The predicted octanol–water partition coefficient (Wildman–Crippen LogP) is 4.11. The van der Waals surface area contributed by atoms with Crippen molar-refractivity contribution in [2.45, 2.75) is 19.4 Å². The quantitative estimate of drug-likeness (QED) is 0.701. The van der Waals surface area contributed by atoms with Crippen LogP contribution in [0.5, 0.6) is 5.75 Å². The van der Waals surface area contributed by atoms with E-state index in [0.717, 1.165) is 24.9 Å². The molecule has 1 amide bonds. The van der Waals surface area contributed by atoms with Crippen molar-refractivity contribution in [2.75, 3.05) is 31.2 Å². The number of piperidine rings is 1. The number of amides is 1. The zero-order chi connectivity index (χ0) is 18.5. The Hall–Kier alpha value is -2.02. The molecule has 0 bridgehead atoms. The number of likely N-dealkylation sites (tertiary alicyclic amines) is 1. The van der Waals surface area contributed by atoms with Crippen LogP contribution < -0.4 is 15.8 Å². The molecule has 1 heterocycles. The molecule has 1 aliphatic heterocycles. The van der Waals surface area contributed by atoms with Crippen LogP contribution in [0.4, 0.5) is 15.8 Å². The summed E-state index contributed by atoms with van der Waals surface area (Å²) in [6.07, 6.45) is 1.79. The summed E-state index contributed by atoms with van der Waals surface area (Å²) in [5, 5.41) is 2.94. The first-order valence-corrected chi connectivity index (χ1v) is 8.76. The minimum atomic E-state index is -0.231. The van der Waals surface area contributed by atoms with E-state index in [4.69, 9.17) is 10.5 Å². The third kappa shape index (κ3) is 6.26. The number of nitrogens with one attached hydrogen (secondary N) is 1. The Morgan fingerprint density at radius 3 is 2.75 bits per heavy atom. The molecule has 1 atom stereocenters. The molecule has 3 rings (SSSR count). The number of hydrogen-bond donors (Lipinski definition) is 2. The monoisotopic (exact) mass is 429 g/mol. The summed E-state index contributed by atoms with van der Waals surface area (Å²) in [5.74, 6) is 0.243. The van der Waals surface area contributed by atoms with E-state index in [-0.39, 0.29) is 42.5 Å². The highest BCUT2D eigenvalue weighted by atomic mass is 35.5. The maximum Gasteiger partial charge on any atom is 0.228 e. The molecule has 0 spiro atoms. The van der Waals surface area contributed by atoms with Crippen molar-refractivity contribution >= 4 is 42.1 Å². The van der Waals surface area contributed by atoms with Crippen molar-refractivity contribution in [3.05, 3.63) is 53.8 Å². The third-order valence-electron chi connectivity index (χ3n) is 4.67. The fourth-order valence-corrected chi connectivity index (χ4v) is 3.36. The van der Waals surface area contributed by atoms with Gasteiger partial charge in [-0.2, -0.15) is 0 Å². The summed E-state index contributed by atoms with van der Waals surface area (Å²) >= 11 is 0. The number of carbonyl (C=O) groups is 1. The molecule has 1 unspecified atom stereocenters. The van der Waals surface area contributed by atoms with Crippen LogP contribution in [0.1, 0.15) is 18.4 Å². The van der Waals surface area contributed by atoms with Crippen LogP contribution in [0.15, 0.2) is 42.5 Å². The smallest absolute Gasteiger partial charge is 0.228 e. The lowest BCUT2D eigenvalue weighted by molar-refractivity contribution is -0.121. The SMILES string of the molecule is COc1ccc(NC(=O)C2CCCN(Cc3cccc(F)c3)C2)cc1N.Cl.Cl. The molecule has 0 radical (unpaired) electrons. The number of ether oxygens (including phenoxy) is 1. The van der Waals surface area contributed by atoms with Crippen molar-refractivity contribution in [3.8, 4) is 5.75 Å². The summed E-state index contributed by atoms with van der Waals surface area (Å²) < 4.78 is 18.5. The molecule has 2 aromatic carbocycles. The fraction of sp³-hybridized carbons (Fsp3) is 0.350. The number of carbonyl (C=O) groups excluding carboxylic acids is 1. The van der Waals surface area contributed by atoms with Crippen LogP contribution in [-0.4, -0.2) is 31.0 Å². The number of methoxy groups -OCH3 is 1. The molecule has 0 aliphatic carbocycles. The van der Waals surface area contributed by atoms with E-state index in [2.05, 4.69) is 10.2 Å². The van der Waals surface area contributed by atoms with Gasteiger partial charge >= 0.3 is 0 Å². The predicted molar refractivity (Wildman–Crippen MR) is 115 cm³/mol. The average molecular weight is 430 g/mol. The van der Waals surface area contributed by atoms with Crippen LogP contribution in [0, 0.1) is 11.7 Å². The van der Waals surface area contributed by atoms with Crippen LogP contribution >= 0.6 is 24.8 Å². The number of halogens is 3. The van der Waals surface area contributed by atoms with Gasteiger partial charge in [-0.1, -0.05) is 12.1 Å². The Morgan fingerprint density at radius 2 is 2.07 bits per heavy atom. The molecular formula is C20H26Cl2FN3O2. The molecule has 154 valence electrons. The molecular weight excluding hydrogens is 404 g/mol. The van der Waals surface area contributed by atoms with Crippen molar-refractivity contribution in [1.29, 1.82) is 0 Å². The number of rotatable bonds is 5. The highest BCUT2D eigenvalue weighted by molar-refractivity contribution is 5.93. The van der Waals surface area contributed by atoms with E-state index in [0.29, 0.717) is 30.2 Å². The summed E-state index contributed by atoms with van der Waals surface area (Å²) in [7, 11) is 1.55. The molecule has 1 saturated heterocycles. The molecule has 8 heteroatoms. The number of nitrogens with zero attached hydrogens (tertiary/aromatic N) is 1. The standard InChI is InChI=1S/C20H24FN3O2.2ClH/c1-26-19-8-7-17(11-18(19)22)23-20(25)15-5-3-9-24(13-15)12-14-4-2-6-16(21)10-14;;/h2,4,6-8,10-11,15H,3,5,9,12-13,22H2,1H3,(H,23,25);2*1H. The van der Waals surface area contributed by atoms with Crippen molar-refractivity contribution in [1.82, 2.24) is 4.90 Å². The Balaban J connectivity index is 0.00000196. The second-order valence-corrected chi connectivity index (χ2v) is 6.65. The summed E-state index contributed by atoms with van der Waals surface area (Å²) in [4.78, 5) is 14.8. The number of hydrogen-bond acceptors (Lipinski definition) is 4. The minimum absolute atomic E-state index is 0. The maximum atomic E-state index is 13.4. The van der Waals surface area contributed by atoms with E-state index in [1.165, 1.54) is 6.07 Å². The van der Waals surface area contributed by atoms with Gasteiger partial charge in [0, 0.05) is 18.8 Å². The first kappa shape index (κ1) is 24.0. The lowest BCUT2D eigenvalue weighted by atomic mass is 9.96. The fourth-order valence-electron chi connectivity index (χ4n) is 3.36. The van der Waals surface area contributed by atoms with Crippen LogP contribution in [-0.2, 0) is 11.3 Å². The molecule has 1 fully saturated rings. The van der Waals surface area contributed by atoms with Gasteiger partial charge in [-0.05, 0) is 55.3 Å². The second kappa shape index (κ2) is 11.1.